The number of rotatable bonds is 6. The van der Waals surface area contributed by atoms with Gasteiger partial charge in [0.15, 0.2) is 0 Å². The third-order valence-corrected chi connectivity index (χ3v) is 3.34. The van der Waals surface area contributed by atoms with E-state index in [1.165, 1.54) is 0 Å². The molecule has 0 saturated carbocycles. The van der Waals surface area contributed by atoms with Crippen LogP contribution in [0.4, 0.5) is 5.69 Å². The third kappa shape index (κ3) is 3.90. The Kier molecular flexibility index (Phi) is 5.49. The zero-order valence-corrected chi connectivity index (χ0v) is 12.1. The number of benzene rings is 2. The van der Waals surface area contributed by atoms with Gasteiger partial charge in [0.05, 0.1) is 6.61 Å². The summed E-state index contributed by atoms with van der Waals surface area (Å²) in [5.74, 6) is -0.150. The van der Waals surface area contributed by atoms with Crippen molar-refractivity contribution in [3.8, 4) is 0 Å². The summed E-state index contributed by atoms with van der Waals surface area (Å²) in [6, 6.07) is 14.8. The Morgan fingerprint density at radius 1 is 1.05 bits per heavy atom. The van der Waals surface area contributed by atoms with Gasteiger partial charge in [-0.3, -0.25) is 4.79 Å². The van der Waals surface area contributed by atoms with Gasteiger partial charge in [0.1, 0.15) is 0 Å². The first-order chi connectivity index (χ1) is 10.3. The van der Waals surface area contributed by atoms with Crippen molar-refractivity contribution >= 4 is 11.6 Å². The molecular weight excluding hydrogens is 264 g/mol. The Labute approximate surface area is 124 Å². The molecule has 0 aliphatic rings. The number of aliphatic hydroxyl groups is 1. The molecule has 21 heavy (non-hydrogen) atoms. The van der Waals surface area contributed by atoms with Crippen molar-refractivity contribution in [3.63, 3.8) is 0 Å². The minimum Gasteiger partial charge on any atom is -0.392 e. The van der Waals surface area contributed by atoms with Crippen molar-refractivity contribution in [1.29, 1.82) is 0 Å². The second-order valence-electron chi connectivity index (χ2n) is 4.78. The predicted molar refractivity (Wildman–Crippen MR) is 84.4 cm³/mol. The summed E-state index contributed by atoms with van der Waals surface area (Å²) in [6.07, 6.45) is 0.793. The van der Waals surface area contributed by atoms with Gasteiger partial charge in [0.2, 0.25) is 0 Å². The van der Waals surface area contributed by atoms with Gasteiger partial charge in [-0.05, 0) is 37.7 Å². The molecule has 4 nitrogen and oxygen atoms in total. The standard InChI is InChI=1S/C17H20N2O2/c1-18-11-10-13-6-2-4-8-15(13)17(21)19-16-9-5-3-7-14(16)12-20/h2-9,18,20H,10-12H2,1H3,(H,19,21). The molecule has 0 atom stereocenters. The van der Waals surface area contributed by atoms with Crippen LogP contribution >= 0.6 is 0 Å². The normalized spacial score (nSPS) is 10.4. The molecule has 0 bridgehead atoms. The van der Waals surface area contributed by atoms with Gasteiger partial charge in [0.25, 0.3) is 5.91 Å². The van der Waals surface area contributed by atoms with E-state index < -0.39 is 0 Å². The number of carbonyl (C=O) groups is 1. The molecule has 4 heteroatoms. The smallest absolute Gasteiger partial charge is 0.255 e. The number of amides is 1. The Morgan fingerprint density at radius 3 is 2.43 bits per heavy atom. The Balaban J connectivity index is 2.20. The van der Waals surface area contributed by atoms with E-state index in [0.717, 1.165) is 18.5 Å². The molecule has 0 fully saturated rings. The lowest BCUT2D eigenvalue weighted by atomic mass is 10.0. The molecule has 0 aromatic heterocycles. The van der Waals surface area contributed by atoms with E-state index in [-0.39, 0.29) is 12.5 Å². The molecule has 0 aliphatic carbocycles. The lowest BCUT2D eigenvalue weighted by Gasteiger charge is -2.12. The molecule has 3 N–H and O–H groups in total. The summed E-state index contributed by atoms with van der Waals surface area (Å²) in [5.41, 5.74) is 3.03. The highest BCUT2D eigenvalue weighted by Crippen LogP contribution is 2.17. The number of nitrogens with one attached hydrogen (secondary N) is 2. The molecule has 0 radical (unpaired) electrons. The van der Waals surface area contributed by atoms with Gasteiger partial charge in [-0.2, -0.15) is 0 Å². The van der Waals surface area contributed by atoms with Crippen molar-refractivity contribution in [3.05, 3.63) is 65.2 Å². The zero-order chi connectivity index (χ0) is 15.1. The lowest BCUT2D eigenvalue weighted by molar-refractivity contribution is 0.102. The van der Waals surface area contributed by atoms with Crippen LogP contribution in [0.5, 0.6) is 0 Å². The molecule has 2 aromatic carbocycles. The second-order valence-corrected chi connectivity index (χ2v) is 4.78. The first-order valence-corrected chi connectivity index (χ1v) is 6.99. The molecule has 0 heterocycles. The maximum absolute atomic E-state index is 12.5. The number of hydrogen-bond donors (Lipinski definition) is 3. The second kappa shape index (κ2) is 7.57. The highest BCUT2D eigenvalue weighted by Gasteiger charge is 2.12. The first kappa shape index (κ1) is 15.2. The van der Waals surface area contributed by atoms with E-state index in [0.29, 0.717) is 16.8 Å². The molecule has 0 unspecified atom stereocenters. The van der Waals surface area contributed by atoms with E-state index in [1.54, 1.807) is 12.1 Å². The third-order valence-electron chi connectivity index (χ3n) is 3.34. The number of anilines is 1. The summed E-state index contributed by atoms with van der Waals surface area (Å²) in [5, 5.41) is 15.3. The van der Waals surface area contributed by atoms with E-state index in [2.05, 4.69) is 10.6 Å². The fourth-order valence-corrected chi connectivity index (χ4v) is 2.19. The average Bonchev–Trinajstić information content (AvgIpc) is 2.53. The predicted octanol–water partition coefficient (Wildman–Crippen LogP) is 2.19. The molecular formula is C17H20N2O2. The van der Waals surface area contributed by atoms with Gasteiger partial charge in [-0.1, -0.05) is 36.4 Å². The largest absolute Gasteiger partial charge is 0.392 e. The van der Waals surface area contributed by atoms with Crippen LogP contribution in [0.15, 0.2) is 48.5 Å². The number of carbonyl (C=O) groups excluding carboxylic acids is 1. The van der Waals surface area contributed by atoms with Crippen molar-refractivity contribution in [1.82, 2.24) is 5.32 Å². The van der Waals surface area contributed by atoms with E-state index >= 15 is 0 Å². The minimum atomic E-state index is -0.150. The molecule has 0 aliphatic heterocycles. The zero-order valence-electron chi connectivity index (χ0n) is 12.1. The van der Waals surface area contributed by atoms with E-state index in [9.17, 15) is 9.90 Å². The Bertz CT molecular complexity index is 611. The van der Waals surface area contributed by atoms with Gasteiger partial charge in [0, 0.05) is 16.8 Å². The molecule has 0 spiro atoms. The number of aliphatic hydroxyl groups excluding tert-OH is 1. The first-order valence-electron chi connectivity index (χ1n) is 6.99. The van der Waals surface area contributed by atoms with Crippen LogP contribution < -0.4 is 10.6 Å². The molecule has 1 amide bonds. The SMILES string of the molecule is CNCCc1ccccc1C(=O)Nc1ccccc1CO. The van der Waals surface area contributed by atoms with E-state index in [4.69, 9.17) is 0 Å². The maximum Gasteiger partial charge on any atom is 0.255 e. The quantitative estimate of drug-likeness (QED) is 0.762. The van der Waals surface area contributed by atoms with Gasteiger partial charge in [-0.15, -0.1) is 0 Å². The van der Waals surface area contributed by atoms with Crippen molar-refractivity contribution in [2.45, 2.75) is 13.0 Å². The number of para-hydroxylation sites is 1. The number of hydrogen-bond acceptors (Lipinski definition) is 3. The van der Waals surface area contributed by atoms with Crippen molar-refractivity contribution in [2.75, 3.05) is 18.9 Å². The van der Waals surface area contributed by atoms with E-state index in [1.807, 2.05) is 43.4 Å². The van der Waals surface area contributed by atoms with Crippen LogP contribution in [0.1, 0.15) is 21.5 Å². The highest BCUT2D eigenvalue weighted by atomic mass is 16.3. The lowest BCUT2D eigenvalue weighted by Crippen LogP contribution is -2.18. The van der Waals surface area contributed by atoms with Crippen LogP contribution in [0.3, 0.4) is 0 Å². The van der Waals surface area contributed by atoms with Gasteiger partial charge in [-0.25, -0.2) is 0 Å². The van der Waals surface area contributed by atoms with Crippen LogP contribution in [-0.4, -0.2) is 24.6 Å². The summed E-state index contributed by atoms with van der Waals surface area (Å²) < 4.78 is 0. The summed E-state index contributed by atoms with van der Waals surface area (Å²) >= 11 is 0. The monoisotopic (exact) mass is 284 g/mol. The minimum absolute atomic E-state index is 0.0994. The van der Waals surface area contributed by atoms with Crippen LogP contribution in [0.25, 0.3) is 0 Å². The fraction of sp³-hybridized carbons (Fsp3) is 0.235. The van der Waals surface area contributed by atoms with Gasteiger partial charge < -0.3 is 15.7 Å². The summed E-state index contributed by atoms with van der Waals surface area (Å²) in [4.78, 5) is 12.5. The Hall–Kier alpha value is -2.17. The fourth-order valence-electron chi connectivity index (χ4n) is 2.19. The Morgan fingerprint density at radius 2 is 1.71 bits per heavy atom. The molecule has 110 valence electrons. The van der Waals surface area contributed by atoms with Crippen LogP contribution in [-0.2, 0) is 13.0 Å². The number of likely N-dealkylation sites (N-methyl/N-ethyl adjacent to an activating group) is 1. The van der Waals surface area contributed by atoms with Crippen molar-refractivity contribution in [2.24, 2.45) is 0 Å². The molecule has 2 rings (SSSR count). The maximum atomic E-state index is 12.5. The van der Waals surface area contributed by atoms with Crippen LogP contribution in [0.2, 0.25) is 0 Å². The summed E-state index contributed by atoms with van der Waals surface area (Å²) in [7, 11) is 1.89. The highest BCUT2D eigenvalue weighted by molar-refractivity contribution is 6.05. The average molecular weight is 284 g/mol. The van der Waals surface area contributed by atoms with Gasteiger partial charge >= 0.3 is 0 Å². The van der Waals surface area contributed by atoms with Crippen molar-refractivity contribution < 1.29 is 9.90 Å². The topological polar surface area (TPSA) is 61.4 Å². The van der Waals surface area contributed by atoms with Crippen LogP contribution in [0, 0.1) is 0 Å². The summed E-state index contributed by atoms with van der Waals surface area (Å²) in [6.45, 7) is 0.718. The molecule has 2 aromatic rings. The molecule has 0 saturated heterocycles.